The van der Waals surface area contributed by atoms with Crippen LogP contribution in [0.1, 0.15) is 6.92 Å². The van der Waals surface area contributed by atoms with Crippen LogP contribution in [0.4, 0.5) is 0 Å². The zero-order chi connectivity index (χ0) is 10.2. The van der Waals surface area contributed by atoms with Gasteiger partial charge in [-0.15, -0.1) is 0 Å². The summed E-state index contributed by atoms with van der Waals surface area (Å²) in [7, 11) is 0. The maximum Gasteiger partial charge on any atom is 0.0666 e. The number of hydrogen-bond acceptors (Lipinski definition) is 4. The summed E-state index contributed by atoms with van der Waals surface area (Å²) in [6.45, 7) is 7.35. The highest BCUT2D eigenvalue weighted by atomic mass is 32.2. The normalized spacial score (nSPS) is 20.3. The minimum Gasteiger partial charge on any atom is -0.314 e. The minimum absolute atomic E-state index is 0.131. The first-order valence-corrected chi connectivity index (χ1v) is 6.39. The van der Waals surface area contributed by atoms with Crippen molar-refractivity contribution in [1.29, 1.82) is 5.26 Å². The van der Waals surface area contributed by atoms with Crippen LogP contribution in [0.2, 0.25) is 0 Å². The van der Waals surface area contributed by atoms with Crippen LogP contribution in [0.15, 0.2) is 0 Å². The highest BCUT2D eigenvalue weighted by molar-refractivity contribution is 7.99. The average Bonchev–Trinajstić information content (AvgIpc) is 2.25. The molecule has 1 atom stereocenters. The predicted molar refractivity (Wildman–Crippen MR) is 61.4 cm³/mol. The highest BCUT2D eigenvalue weighted by Gasteiger charge is 2.09. The van der Waals surface area contributed by atoms with Crippen molar-refractivity contribution in [2.24, 2.45) is 5.92 Å². The predicted octanol–water partition coefficient (Wildman–Crippen LogP) is 0.784. The molecule has 1 aliphatic rings. The molecule has 0 saturated carbocycles. The minimum atomic E-state index is 0.131. The molecule has 0 aliphatic carbocycles. The molecule has 0 aromatic rings. The molecule has 1 fully saturated rings. The van der Waals surface area contributed by atoms with Gasteiger partial charge in [0.2, 0.25) is 0 Å². The van der Waals surface area contributed by atoms with Crippen molar-refractivity contribution in [3.63, 3.8) is 0 Å². The first kappa shape index (κ1) is 11.8. The quantitative estimate of drug-likeness (QED) is 0.685. The Morgan fingerprint density at radius 1 is 1.50 bits per heavy atom. The summed E-state index contributed by atoms with van der Waals surface area (Å²) in [6.07, 6.45) is 0. The number of nitrogens with zero attached hydrogens (tertiary/aromatic N) is 2. The van der Waals surface area contributed by atoms with E-state index in [2.05, 4.69) is 16.3 Å². The lowest BCUT2D eigenvalue weighted by molar-refractivity contribution is 0.300. The van der Waals surface area contributed by atoms with Gasteiger partial charge in [0.05, 0.1) is 12.0 Å². The summed E-state index contributed by atoms with van der Waals surface area (Å²) in [5.41, 5.74) is 0. The fourth-order valence-electron chi connectivity index (χ4n) is 1.43. The van der Waals surface area contributed by atoms with Gasteiger partial charge in [0.15, 0.2) is 0 Å². The lowest BCUT2D eigenvalue weighted by Gasteiger charge is -2.26. The summed E-state index contributed by atoms with van der Waals surface area (Å²) < 4.78 is 0. The standard InChI is InChI=1S/C10H19N3S/c1-10(8-11)9-12-2-3-13-4-6-14-7-5-13/h10,12H,2-7,9H2,1H3. The van der Waals surface area contributed by atoms with Crippen LogP contribution in [0.3, 0.4) is 0 Å². The van der Waals surface area contributed by atoms with E-state index in [1.807, 2.05) is 18.7 Å². The second kappa shape index (κ2) is 7.10. The number of hydrogen-bond donors (Lipinski definition) is 1. The molecule has 0 aromatic heterocycles. The summed E-state index contributed by atoms with van der Waals surface area (Å²) in [5, 5.41) is 11.9. The highest BCUT2D eigenvalue weighted by Crippen LogP contribution is 2.07. The average molecular weight is 213 g/mol. The number of thioether (sulfide) groups is 1. The molecule has 1 N–H and O–H groups in total. The summed E-state index contributed by atoms with van der Waals surface area (Å²) in [5.74, 6) is 2.68. The molecule has 1 aliphatic heterocycles. The van der Waals surface area contributed by atoms with Gasteiger partial charge in [-0.25, -0.2) is 0 Å². The summed E-state index contributed by atoms with van der Waals surface area (Å²) in [6, 6.07) is 2.22. The van der Waals surface area contributed by atoms with Gasteiger partial charge >= 0.3 is 0 Å². The van der Waals surface area contributed by atoms with Crippen molar-refractivity contribution in [2.45, 2.75) is 6.92 Å². The molecule has 0 bridgehead atoms. The van der Waals surface area contributed by atoms with E-state index in [-0.39, 0.29) is 5.92 Å². The summed E-state index contributed by atoms with van der Waals surface area (Å²) >= 11 is 2.04. The Balaban J connectivity index is 1.95. The van der Waals surface area contributed by atoms with E-state index in [9.17, 15) is 0 Å². The molecule has 1 heterocycles. The van der Waals surface area contributed by atoms with Gasteiger partial charge in [0.25, 0.3) is 0 Å². The molecule has 0 amide bonds. The van der Waals surface area contributed by atoms with Crippen LogP contribution in [-0.4, -0.2) is 49.1 Å². The Morgan fingerprint density at radius 2 is 2.21 bits per heavy atom. The van der Waals surface area contributed by atoms with E-state index >= 15 is 0 Å². The fraction of sp³-hybridized carbons (Fsp3) is 0.900. The third-order valence-corrected chi connectivity index (χ3v) is 3.32. The molecule has 3 nitrogen and oxygen atoms in total. The third kappa shape index (κ3) is 4.85. The van der Waals surface area contributed by atoms with Crippen molar-refractivity contribution in [2.75, 3.05) is 44.2 Å². The van der Waals surface area contributed by atoms with E-state index < -0.39 is 0 Å². The third-order valence-electron chi connectivity index (χ3n) is 2.38. The van der Waals surface area contributed by atoms with Gasteiger partial charge < -0.3 is 10.2 Å². The lowest BCUT2D eigenvalue weighted by atomic mass is 10.2. The molecule has 80 valence electrons. The maximum absolute atomic E-state index is 8.58. The molecule has 1 unspecified atom stereocenters. The Hall–Kier alpha value is -0.240. The summed E-state index contributed by atoms with van der Waals surface area (Å²) in [4.78, 5) is 2.49. The van der Waals surface area contributed by atoms with Gasteiger partial charge in [0.1, 0.15) is 0 Å². The van der Waals surface area contributed by atoms with Gasteiger partial charge in [0, 0.05) is 44.2 Å². The van der Waals surface area contributed by atoms with Gasteiger partial charge in [-0.3, -0.25) is 0 Å². The number of nitriles is 1. The first-order chi connectivity index (χ1) is 6.83. The van der Waals surface area contributed by atoms with Crippen LogP contribution in [0, 0.1) is 17.2 Å². The topological polar surface area (TPSA) is 39.1 Å². The molecule has 1 saturated heterocycles. The SMILES string of the molecule is CC(C#N)CNCCN1CCSCC1. The zero-order valence-electron chi connectivity index (χ0n) is 8.83. The van der Waals surface area contributed by atoms with Gasteiger partial charge in [-0.2, -0.15) is 17.0 Å². The van der Waals surface area contributed by atoms with Crippen molar-refractivity contribution in [3.05, 3.63) is 0 Å². The van der Waals surface area contributed by atoms with E-state index in [0.717, 1.165) is 19.6 Å². The molecule has 4 heteroatoms. The lowest BCUT2D eigenvalue weighted by Crippen LogP contribution is -2.38. The van der Waals surface area contributed by atoms with Crippen LogP contribution >= 0.6 is 11.8 Å². The second-order valence-electron chi connectivity index (χ2n) is 3.69. The molecule has 0 spiro atoms. The van der Waals surface area contributed by atoms with E-state index in [1.165, 1.54) is 24.6 Å². The molecular weight excluding hydrogens is 194 g/mol. The zero-order valence-corrected chi connectivity index (χ0v) is 9.65. The van der Waals surface area contributed by atoms with Crippen LogP contribution < -0.4 is 5.32 Å². The molecule has 1 rings (SSSR count). The Morgan fingerprint density at radius 3 is 2.86 bits per heavy atom. The Kier molecular flexibility index (Phi) is 6.00. The van der Waals surface area contributed by atoms with Crippen molar-refractivity contribution < 1.29 is 0 Å². The van der Waals surface area contributed by atoms with Crippen LogP contribution in [-0.2, 0) is 0 Å². The molecule has 14 heavy (non-hydrogen) atoms. The van der Waals surface area contributed by atoms with Gasteiger partial charge in [-0.05, 0) is 6.92 Å². The van der Waals surface area contributed by atoms with Crippen molar-refractivity contribution in [3.8, 4) is 6.07 Å². The van der Waals surface area contributed by atoms with E-state index in [1.54, 1.807) is 0 Å². The van der Waals surface area contributed by atoms with E-state index in [4.69, 9.17) is 5.26 Å². The van der Waals surface area contributed by atoms with Crippen molar-refractivity contribution >= 4 is 11.8 Å². The van der Waals surface area contributed by atoms with E-state index in [0.29, 0.717) is 0 Å². The monoisotopic (exact) mass is 213 g/mol. The Bertz CT molecular complexity index is 184. The number of rotatable bonds is 5. The first-order valence-electron chi connectivity index (χ1n) is 5.23. The smallest absolute Gasteiger partial charge is 0.0666 e. The van der Waals surface area contributed by atoms with Gasteiger partial charge in [-0.1, -0.05) is 0 Å². The number of nitrogens with one attached hydrogen (secondary N) is 1. The fourth-order valence-corrected chi connectivity index (χ4v) is 2.40. The van der Waals surface area contributed by atoms with Crippen LogP contribution in [0.25, 0.3) is 0 Å². The van der Waals surface area contributed by atoms with Crippen LogP contribution in [0.5, 0.6) is 0 Å². The van der Waals surface area contributed by atoms with Crippen molar-refractivity contribution in [1.82, 2.24) is 10.2 Å². The Labute approximate surface area is 90.8 Å². The molecule has 0 aromatic carbocycles. The largest absolute Gasteiger partial charge is 0.314 e. The maximum atomic E-state index is 8.58. The molecular formula is C10H19N3S. The molecule has 0 radical (unpaired) electrons. The second-order valence-corrected chi connectivity index (χ2v) is 4.91.